The van der Waals surface area contributed by atoms with Crippen molar-refractivity contribution in [3.63, 3.8) is 0 Å². The van der Waals surface area contributed by atoms with Crippen molar-refractivity contribution in [2.45, 2.75) is 123 Å². The summed E-state index contributed by atoms with van der Waals surface area (Å²) < 4.78 is 63.0. The van der Waals surface area contributed by atoms with Gasteiger partial charge >= 0.3 is 42.0 Å². The van der Waals surface area contributed by atoms with Crippen LogP contribution in [0.15, 0.2) is 54.9 Å². The first-order valence-corrected chi connectivity index (χ1v) is 25.6. The van der Waals surface area contributed by atoms with Gasteiger partial charge in [0.05, 0.1) is 75.3 Å². The highest BCUT2D eigenvalue weighted by Gasteiger charge is 2.56. The number of aliphatic hydroxyl groups is 1. The molecule has 6 rings (SSSR count). The Kier molecular flexibility index (Phi) is 21.6. The number of carbonyl (C=O) groups is 9. The summed E-state index contributed by atoms with van der Waals surface area (Å²) >= 11 is 0. The van der Waals surface area contributed by atoms with E-state index in [-0.39, 0.29) is 91.1 Å². The zero-order valence-corrected chi connectivity index (χ0v) is 46.3. The maximum absolute atomic E-state index is 14.5. The van der Waals surface area contributed by atoms with Crippen molar-refractivity contribution in [3.05, 3.63) is 77.1 Å². The Morgan fingerprint density at radius 1 is 0.866 bits per heavy atom. The topological polar surface area (TPSA) is 353 Å². The average molecular weight is 1160 g/mol. The van der Waals surface area contributed by atoms with Gasteiger partial charge < -0.3 is 72.5 Å². The molecule has 2 aromatic carbocycles. The molecule has 1 aromatic heterocycles. The molecule has 0 spiro atoms. The van der Waals surface area contributed by atoms with Crippen LogP contribution in [0.1, 0.15) is 97.4 Å². The van der Waals surface area contributed by atoms with Crippen molar-refractivity contribution in [1.82, 2.24) is 25.5 Å². The Morgan fingerprint density at radius 3 is 2.23 bits per heavy atom. The second-order valence-corrected chi connectivity index (χ2v) is 19.6. The molecular formula is C53H66N6O23. The van der Waals surface area contributed by atoms with Crippen molar-refractivity contribution in [3.8, 4) is 17.2 Å². The van der Waals surface area contributed by atoms with Gasteiger partial charge in [-0.3, -0.25) is 33.5 Å². The third kappa shape index (κ3) is 16.5. The van der Waals surface area contributed by atoms with E-state index in [2.05, 4.69) is 22.5 Å². The van der Waals surface area contributed by atoms with Crippen LogP contribution in [0.25, 0.3) is 0 Å². The molecule has 0 aliphatic carbocycles. The Labute approximate surface area is 469 Å². The number of hydroxylamine groups is 1. The monoisotopic (exact) mass is 1150 g/mol. The molecule has 446 valence electrons. The van der Waals surface area contributed by atoms with Crippen molar-refractivity contribution in [1.29, 1.82) is 0 Å². The number of esters is 4. The molecule has 2 fully saturated rings. The predicted molar refractivity (Wildman–Crippen MR) is 277 cm³/mol. The summed E-state index contributed by atoms with van der Waals surface area (Å²) in [5, 5.41) is 28.0. The van der Waals surface area contributed by atoms with Crippen LogP contribution in [0, 0.1) is 0 Å². The number of amides is 4. The fourth-order valence-corrected chi connectivity index (χ4v) is 8.74. The largest absolute Gasteiger partial charge is 0.493 e. The van der Waals surface area contributed by atoms with E-state index in [4.69, 9.17) is 56.9 Å². The maximum atomic E-state index is 14.5. The van der Waals surface area contributed by atoms with Gasteiger partial charge in [0.1, 0.15) is 18.0 Å². The highest BCUT2D eigenvalue weighted by Crippen LogP contribution is 2.42. The molecule has 4 heterocycles. The third-order valence-electron chi connectivity index (χ3n) is 12.2. The van der Waals surface area contributed by atoms with E-state index < -0.39 is 109 Å². The molecule has 0 bridgehead atoms. The molecule has 1 unspecified atom stereocenters. The normalized spacial score (nSPS) is 20.2. The van der Waals surface area contributed by atoms with Gasteiger partial charge in [0, 0.05) is 52.7 Å². The van der Waals surface area contributed by atoms with Gasteiger partial charge in [-0.05, 0) is 63.8 Å². The fourth-order valence-electron chi connectivity index (χ4n) is 8.74. The number of nitrogens with one attached hydrogen (secondary N) is 2. The van der Waals surface area contributed by atoms with Crippen LogP contribution in [-0.2, 0) is 75.1 Å². The summed E-state index contributed by atoms with van der Waals surface area (Å²) in [6.07, 6.45) is -8.88. The zero-order valence-electron chi connectivity index (χ0n) is 46.3. The molecule has 82 heavy (non-hydrogen) atoms. The van der Waals surface area contributed by atoms with Gasteiger partial charge in [-0.25, -0.2) is 24.1 Å². The lowest BCUT2D eigenvalue weighted by Gasteiger charge is -2.43. The van der Waals surface area contributed by atoms with Crippen molar-refractivity contribution >= 4 is 59.5 Å². The van der Waals surface area contributed by atoms with E-state index in [0.717, 1.165) is 32.8 Å². The molecule has 7 atom stereocenters. The minimum atomic E-state index is -1.89. The van der Waals surface area contributed by atoms with Crippen LogP contribution in [0.3, 0.4) is 0 Å². The summed E-state index contributed by atoms with van der Waals surface area (Å²) in [7, 11) is 2.36. The summed E-state index contributed by atoms with van der Waals surface area (Å²) in [5.74, 6) is -6.52. The Morgan fingerprint density at radius 2 is 1.57 bits per heavy atom. The standard InChI is InChI=1S/C53H66N6O23/c1-28-20-37-47(65)59(36-23-40(39(71-8)22-34(36)46(64)58(37)25-28)74-16-11-10-15-57-26-33(24-55-57)48(66)67)52(70)75-27-32-12-13-38(35(21-32)45(63)54-14-17-73-18-19-76-56-51(69)82-53(5,6)7)80-50-44(79-31(4)62)42(78-30(3)61)41(77-29(2)60)43(81-50)49(68)72-9/h12-13,21-24,26,37,41-44,47,50,65H,1,10-11,14-20,25,27H2,2-9H3,(H,54,63)(H,56,69)(H,66,67)/t37-,41-,42-,43-,44+,47?,50+/m0/s1. The van der Waals surface area contributed by atoms with E-state index in [1.54, 1.807) is 20.8 Å². The van der Waals surface area contributed by atoms with E-state index in [0.29, 0.717) is 25.0 Å². The van der Waals surface area contributed by atoms with Crippen LogP contribution in [0.2, 0.25) is 0 Å². The van der Waals surface area contributed by atoms with E-state index in [1.807, 2.05) is 0 Å². The average Bonchev–Trinajstić information content (AvgIpc) is 2.68. The number of fused-ring (bicyclic) bond motifs is 2. The minimum absolute atomic E-state index is 0.0385. The molecule has 3 aliphatic rings. The van der Waals surface area contributed by atoms with Gasteiger partial charge in [-0.15, -0.1) is 0 Å². The van der Waals surface area contributed by atoms with Crippen molar-refractivity contribution < 1.29 is 110 Å². The summed E-state index contributed by atoms with van der Waals surface area (Å²) in [4.78, 5) is 124. The van der Waals surface area contributed by atoms with Crippen LogP contribution in [-0.4, -0.2) is 181 Å². The lowest BCUT2D eigenvalue weighted by atomic mass is 9.97. The predicted octanol–water partition coefficient (Wildman–Crippen LogP) is 2.97. The van der Waals surface area contributed by atoms with E-state index >= 15 is 0 Å². The molecule has 3 aliphatic heterocycles. The number of unbranched alkanes of at least 4 members (excludes halogenated alkanes) is 1. The molecule has 4 amide bonds. The number of anilines is 1. The molecule has 29 heteroatoms. The number of carboxylic acids is 1. The SMILES string of the molecule is C=C1C[C@H]2C(O)N(C(=O)OCc3ccc(O[C@@H]4O[C@H](C(=O)OC)[C@@H](OC(C)=O)[C@H](OC(C)=O)[C@H]4OC(C)=O)c(C(=O)NCCOCCONC(=O)OC(C)(C)C)c3)c3cc(OCCCCn4cc(C(=O)O)cn4)c(OC)cc3C(=O)N2C1. The number of carboxylic acid groups (broad SMARTS) is 1. The second kappa shape index (κ2) is 28.2. The van der Waals surface area contributed by atoms with Gasteiger partial charge in [-0.1, -0.05) is 18.2 Å². The molecule has 0 saturated carbocycles. The molecular weight excluding hydrogens is 1090 g/mol. The van der Waals surface area contributed by atoms with E-state index in [1.165, 1.54) is 59.4 Å². The Bertz CT molecular complexity index is 2870. The maximum Gasteiger partial charge on any atom is 0.431 e. The minimum Gasteiger partial charge on any atom is -0.493 e. The van der Waals surface area contributed by atoms with Gasteiger partial charge in [0.15, 0.2) is 36.0 Å². The van der Waals surface area contributed by atoms with Gasteiger partial charge in [0.2, 0.25) is 12.4 Å². The Hall–Kier alpha value is -8.54. The molecule has 4 N–H and O–H groups in total. The molecule has 3 aromatic rings. The first-order valence-electron chi connectivity index (χ1n) is 25.6. The number of rotatable bonds is 24. The van der Waals surface area contributed by atoms with Gasteiger partial charge in [-0.2, -0.15) is 10.6 Å². The number of ether oxygens (including phenoxy) is 11. The van der Waals surface area contributed by atoms with Crippen molar-refractivity contribution in [2.24, 2.45) is 0 Å². The molecule has 29 nitrogen and oxygen atoms in total. The molecule has 0 radical (unpaired) electrons. The van der Waals surface area contributed by atoms with Crippen LogP contribution < -0.4 is 29.9 Å². The number of aromatic carboxylic acids is 1. The fraction of sp³-hybridized carbons (Fsp3) is 0.509. The van der Waals surface area contributed by atoms with Crippen LogP contribution in [0.5, 0.6) is 17.2 Å². The third-order valence-corrected chi connectivity index (χ3v) is 12.2. The number of hydrogen-bond acceptors (Lipinski definition) is 23. The van der Waals surface area contributed by atoms with Crippen LogP contribution in [0.4, 0.5) is 15.3 Å². The van der Waals surface area contributed by atoms with Gasteiger partial charge in [0.25, 0.3) is 11.8 Å². The summed E-state index contributed by atoms with van der Waals surface area (Å²) in [6, 6.07) is 5.67. The highest BCUT2D eigenvalue weighted by atomic mass is 16.7. The number of carbonyl (C=O) groups excluding carboxylic acids is 8. The quantitative estimate of drug-likeness (QED) is 0.0329. The smallest absolute Gasteiger partial charge is 0.431 e. The van der Waals surface area contributed by atoms with Crippen LogP contribution >= 0.6 is 0 Å². The second-order valence-electron chi connectivity index (χ2n) is 19.6. The first kappa shape index (κ1) is 62.7. The number of aryl methyl sites for hydroxylation is 1. The lowest BCUT2D eigenvalue weighted by molar-refractivity contribution is -0.282. The number of hydrogen-bond donors (Lipinski definition) is 4. The number of nitrogens with zero attached hydrogens (tertiary/aromatic N) is 4. The van der Waals surface area contributed by atoms with E-state index in [9.17, 15) is 53.4 Å². The lowest BCUT2D eigenvalue weighted by Crippen LogP contribution is -2.64. The summed E-state index contributed by atoms with van der Waals surface area (Å²) in [5.41, 5.74) is 1.74. The Balaban J connectivity index is 1.27. The summed E-state index contributed by atoms with van der Waals surface area (Å²) in [6.45, 7) is 11.7. The number of aromatic nitrogens is 2. The number of aliphatic hydroxyl groups excluding tert-OH is 1. The zero-order chi connectivity index (χ0) is 60.0. The highest BCUT2D eigenvalue weighted by molar-refractivity contribution is 6.06. The number of methoxy groups -OCH3 is 2. The first-order chi connectivity index (χ1) is 38.9. The van der Waals surface area contributed by atoms with Crippen molar-refractivity contribution in [2.75, 3.05) is 58.6 Å². The number of benzene rings is 2. The molecule has 2 saturated heterocycles.